The number of aliphatic imine (C=N–C) groups is 1. The van der Waals surface area contributed by atoms with Crippen LogP contribution in [0.3, 0.4) is 0 Å². The van der Waals surface area contributed by atoms with E-state index >= 15 is 0 Å². The average molecular weight is 356 g/mol. The van der Waals surface area contributed by atoms with E-state index in [-0.39, 0.29) is 34.8 Å². The molecule has 0 saturated heterocycles. The molecule has 23 heavy (non-hydrogen) atoms. The van der Waals surface area contributed by atoms with Crippen LogP contribution in [0.4, 0.5) is 0 Å². The minimum absolute atomic E-state index is 0. The smallest absolute Gasteiger partial charge is 0.141 e. The predicted molar refractivity (Wildman–Crippen MR) is 88.2 cm³/mol. The van der Waals surface area contributed by atoms with Gasteiger partial charge in [-0.25, -0.2) is 0 Å². The molecular formula is C18H16CuN2O2. The maximum atomic E-state index is 9.37. The first kappa shape index (κ1) is 17.0. The molecule has 0 amide bonds. The van der Waals surface area contributed by atoms with Gasteiger partial charge < -0.3 is 10.2 Å². The number of phenolic OH excluding ortho intramolecular Hbond substituents is 1. The predicted octanol–water partition coefficient (Wildman–Crippen LogP) is 3.56. The number of hydrogen-bond acceptors (Lipinski definition) is 4. The van der Waals surface area contributed by atoms with Crippen molar-refractivity contribution in [1.82, 2.24) is 4.98 Å². The van der Waals surface area contributed by atoms with Crippen LogP contribution in [-0.2, 0) is 17.1 Å². The first-order chi connectivity index (χ1) is 10.8. The third-order valence-electron chi connectivity index (χ3n) is 3.55. The number of aromatic hydroxyl groups is 1. The van der Waals surface area contributed by atoms with Crippen molar-refractivity contribution >= 4 is 17.1 Å². The van der Waals surface area contributed by atoms with Crippen LogP contribution in [0.5, 0.6) is 5.75 Å². The minimum Gasteiger partial charge on any atom is -0.510 e. The topological polar surface area (TPSA) is 65.7 Å². The summed E-state index contributed by atoms with van der Waals surface area (Å²) in [5.41, 5.74) is 0.662. The Labute approximate surface area is 145 Å². The Morgan fingerprint density at radius 2 is 1.74 bits per heavy atom. The van der Waals surface area contributed by atoms with Gasteiger partial charge in [0.05, 0.1) is 0 Å². The summed E-state index contributed by atoms with van der Waals surface area (Å²) in [4.78, 5) is 8.18. The van der Waals surface area contributed by atoms with Gasteiger partial charge in [0.2, 0.25) is 0 Å². The van der Waals surface area contributed by atoms with Crippen LogP contribution in [0.15, 0.2) is 77.7 Å². The van der Waals surface area contributed by atoms with Crippen molar-refractivity contribution in [2.45, 2.75) is 6.04 Å². The van der Waals surface area contributed by atoms with Gasteiger partial charge in [0, 0.05) is 40.8 Å². The van der Waals surface area contributed by atoms with E-state index < -0.39 is 0 Å². The summed E-state index contributed by atoms with van der Waals surface area (Å²) < 4.78 is 0. The standard InChI is InChI=1S/C9H9NO.C9H7NO.Cu/c2*11-8-5-1-3-7-4-2-6-10-9(7)8;/h1-7,9,11H;1-6,11H;. The fraction of sp³-hybridized carbons (Fsp3) is 0.111. The van der Waals surface area contributed by atoms with Crippen molar-refractivity contribution in [1.29, 1.82) is 0 Å². The van der Waals surface area contributed by atoms with Gasteiger partial charge in [-0.2, -0.15) is 0 Å². The van der Waals surface area contributed by atoms with Gasteiger partial charge in [-0.1, -0.05) is 36.4 Å². The molecule has 4 nitrogen and oxygen atoms in total. The normalized spacial score (nSPS) is 20.8. The number of aromatic nitrogens is 1. The molecule has 0 bridgehead atoms. The first-order valence-electron chi connectivity index (χ1n) is 7.06. The molecule has 0 fully saturated rings. The summed E-state index contributed by atoms with van der Waals surface area (Å²) in [6, 6.07) is 9.06. The van der Waals surface area contributed by atoms with Crippen molar-refractivity contribution in [3.05, 3.63) is 72.7 Å². The number of aliphatic hydroxyl groups is 1. The molecule has 1 aliphatic carbocycles. The number of pyridine rings is 1. The largest absolute Gasteiger partial charge is 0.510 e. The Morgan fingerprint density at radius 1 is 0.957 bits per heavy atom. The number of fused-ring (bicyclic) bond motifs is 2. The number of allylic oxidation sites excluding steroid dienone is 3. The Morgan fingerprint density at radius 3 is 2.52 bits per heavy atom. The van der Waals surface area contributed by atoms with Crippen molar-refractivity contribution in [3.63, 3.8) is 0 Å². The molecule has 1 radical (unpaired) electrons. The number of hydrogen-bond donors (Lipinski definition) is 2. The second-order valence-electron chi connectivity index (χ2n) is 5.03. The number of rotatable bonds is 0. The van der Waals surface area contributed by atoms with E-state index in [9.17, 15) is 10.2 Å². The molecule has 0 saturated carbocycles. The molecule has 2 atom stereocenters. The van der Waals surface area contributed by atoms with Gasteiger partial charge in [-0.05, 0) is 24.3 Å². The van der Waals surface area contributed by atoms with Crippen molar-refractivity contribution < 1.29 is 27.3 Å². The SMILES string of the molecule is OC1=CC=CC2C=CC=NC12.Oc1cccc2cccnc12.[Cu]. The quantitative estimate of drug-likeness (QED) is 0.710. The molecule has 1 aromatic heterocycles. The van der Waals surface area contributed by atoms with Crippen LogP contribution in [0.1, 0.15) is 0 Å². The summed E-state index contributed by atoms with van der Waals surface area (Å²) in [5.74, 6) is 0.853. The average Bonchev–Trinajstić information content (AvgIpc) is 2.57. The zero-order valence-electron chi connectivity index (χ0n) is 12.2. The van der Waals surface area contributed by atoms with Gasteiger partial charge >= 0.3 is 0 Å². The number of nitrogens with zero attached hydrogens (tertiary/aromatic N) is 2. The van der Waals surface area contributed by atoms with Gasteiger partial charge in [0.15, 0.2) is 0 Å². The third kappa shape index (κ3) is 3.89. The van der Waals surface area contributed by atoms with Gasteiger partial charge in [0.25, 0.3) is 0 Å². The minimum atomic E-state index is -0.0648. The van der Waals surface area contributed by atoms with Crippen LogP contribution >= 0.6 is 0 Å². The Hall–Kier alpha value is -2.36. The van der Waals surface area contributed by atoms with Gasteiger partial charge in [-0.15, -0.1) is 0 Å². The van der Waals surface area contributed by atoms with E-state index in [1.807, 2.05) is 42.5 Å². The Kier molecular flexibility index (Phi) is 5.74. The summed E-state index contributed by atoms with van der Waals surface area (Å²) in [5, 5.41) is 19.6. The van der Waals surface area contributed by atoms with Crippen molar-refractivity contribution in [2.75, 3.05) is 0 Å². The molecular weight excluding hydrogens is 340 g/mol. The third-order valence-corrected chi connectivity index (χ3v) is 3.55. The summed E-state index contributed by atoms with van der Waals surface area (Å²) in [6.45, 7) is 0. The van der Waals surface area contributed by atoms with Gasteiger partial charge in [0.1, 0.15) is 23.1 Å². The Balaban J connectivity index is 0.000000160. The maximum absolute atomic E-state index is 9.37. The van der Waals surface area contributed by atoms with E-state index in [0.717, 1.165) is 5.39 Å². The maximum Gasteiger partial charge on any atom is 0.141 e. The molecule has 2 N–H and O–H groups in total. The van der Waals surface area contributed by atoms with Gasteiger partial charge in [-0.3, -0.25) is 9.98 Å². The van der Waals surface area contributed by atoms with Crippen LogP contribution in [0.25, 0.3) is 10.9 Å². The first-order valence-corrected chi connectivity index (χ1v) is 7.06. The molecule has 1 aliphatic heterocycles. The molecule has 2 heterocycles. The molecule has 0 spiro atoms. The van der Waals surface area contributed by atoms with Crippen molar-refractivity contribution in [3.8, 4) is 5.75 Å². The molecule has 4 rings (SSSR count). The van der Waals surface area contributed by atoms with E-state index in [1.54, 1.807) is 30.6 Å². The zero-order valence-corrected chi connectivity index (χ0v) is 13.1. The second kappa shape index (κ2) is 7.77. The number of para-hydroxylation sites is 1. The fourth-order valence-corrected chi connectivity index (χ4v) is 2.44. The second-order valence-corrected chi connectivity index (χ2v) is 5.03. The zero-order chi connectivity index (χ0) is 15.4. The van der Waals surface area contributed by atoms with Crippen LogP contribution < -0.4 is 0 Å². The van der Waals surface area contributed by atoms with E-state index in [0.29, 0.717) is 11.3 Å². The molecule has 1 aromatic carbocycles. The van der Waals surface area contributed by atoms with E-state index in [1.165, 1.54) is 0 Å². The van der Waals surface area contributed by atoms with Crippen LogP contribution in [-0.4, -0.2) is 27.5 Å². The molecule has 2 aliphatic rings. The molecule has 121 valence electrons. The molecule has 5 heteroatoms. The Bertz CT molecular complexity index is 791. The fourth-order valence-electron chi connectivity index (χ4n) is 2.44. The van der Waals surface area contributed by atoms with E-state index in [4.69, 9.17) is 0 Å². The summed E-state index contributed by atoms with van der Waals surface area (Å²) >= 11 is 0. The number of phenols is 1. The van der Waals surface area contributed by atoms with E-state index in [2.05, 4.69) is 9.98 Å². The summed E-state index contributed by atoms with van der Waals surface area (Å²) in [7, 11) is 0. The number of dihydropyridines is 1. The van der Waals surface area contributed by atoms with Crippen LogP contribution in [0, 0.1) is 5.92 Å². The summed E-state index contributed by atoms with van der Waals surface area (Å²) in [6.07, 6.45) is 12.9. The number of aliphatic hydroxyl groups excluding tert-OH is 1. The van der Waals surface area contributed by atoms with Crippen molar-refractivity contribution in [2.24, 2.45) is 10.9 Å². The molecule has 2 unspecified atom stereocenters. The monoisotopic (exact) mass is 355 g/mol. The molecule has 2 aromatic rings. The number of benzene rings is 1. The van der Waals surface area contributed by atoms with Crippen LogP contribution in [0.2, 0.25) is 0 Å².